The molecule has 0 bridgehead atoms. The van der Waals surface area contributed by atoms with E-state index in [4.69, 9.17) is 10.00 Å². The first kappa shape index (κ1) is 15.2. The molecule has 3 nitrogen and oxygen atoms in total. The summed E-state index contributed by atoms with van der Waals surface area (Å²) in [7, 11) is 0. The lowest BCUT2D eigenvalue weighted by atomic mass is 10.2. The van der Waals surface area contributed by atoms with Crippen molar-refractivity contribution in [2.24, 2.45) is 0 Å². The molecule has 2 atom stereocenters. The van der Waals surface area contributed by atoms with Crippen LogP contribution in [0.4, 0.5) is 0 Å². The summed E-state index contributed by atoms with van der Waals surface area (Å²) < 4.78 is 5.24. The summed E-state index contributed by atoms with van der Waals surface area (Å²) in [6, 6.07) is 10.6. The van der Waals surface area contributed by atoms with Crippen molar-refractivity contribution < 1.29 is 4.74 Å². The monoisotopic (exact) mass is 290 g/mol. The minimum atomic E-state index is 0.107. The van der Waals surface area contributed by atoms with Gasteiger partial charge in [0.2, 0.25) is 0 Å². The molecule has 1 aliphatic rings. The average molecular weight is 290 g/mol. The highest BCUT2D eigenvalue weighted by Crippen LogP contribution is 2.29. The Morgan fingerprint density at radius 2 is 2.15 bits per heavy atom. The van der Waals surface area contributed by atoms with Crippen LogP contribution >= 0.6 is 11.8 Å². The van der Waals surface area contributed by atoms with Gasteiger partial charge in [-0.3, -0.25) is 0 Å². The lowest BCUT2D eigenvalue weighted by molar-refractivity contribution is 0.368. The van der Waals surface area contributed by atoms with Crippen LogP contribution in [0.1, 0.15) is 31.7 Å². The van der Waals surface area contributed by atoms with Crippen molar-refractivity contribution >= 4 is 11.8 Å². The van der Waals surface area contributed by atoms with Gasteiger partial charge in [-0.2, -0.15) is 17.0 Å². The molecule has 2 rings (SSSR count). The Hall–Kier alpha value is -1.18. The molecule has 108 valence electrons. The molecular formula is C16H22N2OS. The zero-order chi connectivity index (χ0) is 14.2. The van der Waals surface area contributed by atoms with Gasteiger partial charge in [-0.25, -0.2) is 0 Å². The van der Waals surface area contributed by atoms with Crippen LogP contribution in [0.25, 0.3) is 0 Å². The number of benzene rings is 1. The van der Waals surface area contributed by atoms with Gasteiger partial charge in [0.1, 0.15) is 11.8 Å². The SMILES string of the molecule is CCSC1CCC(NCc2ccc(OCC#N)cc2)C1. The maximum absolute atomic E-state index is 8.46. The van der Waals surface area contributed by atoms with E-state index in [0.29, 0.717) is 6.04 Å². The molecule has 0 saturated heterocycles. The fourth-order valence-electron chi connectivity index (χ4n) is 2.59. The summed E-state index contributed by atoms with van der Waals surface area (Å²) in [5.74, 6) is 1.98. The summed E-state index contributed by atoms with van der Waals surface area (Å²) in [6.07, 6.45) is 3.93. The first-order valence-electron chi connectivity index (χ1n) is 7.25. The summed E-state index contributed by atoms with van der Waals surface area (Å²) in [4.78, 5) is 0. The quantitative estimate of drug-likeness (QED) is 0.836. The van der Waals surface area contributed by atoms with Crippen molar-refractivity contribution in [1.82, 2.24) is 5.32 Å². The van der Waals surface area contributed by atoms with Crippen LogP contribution in [0.3, 0.4) is 0 Å². The van der Waals surface area contributed by atoms with Crippen LogP contribution in [0.15, 0.2) is 24.3 Å². The number of rotatable bonds is 7. The maximum atomic E-state index is 8.46. The first-order valence-corrected chi connectivity index (χ1v) is 8.30. The number of nitrogens with zero attached hydrogens (tertiary/aromatic N) is 1. The molecule has 20 heavy (non-hydrogen) atoms. The van der Waals surface area contributed by atoms with E-state index in [-0.39, 0.29) is 6.61 Å². The number of hydrogen-bond donors (Lipinski definition) is 1. The molecule has 1 aromatic carbocycles. The first-order chi connectivity index (χ1) is 9.81. The van der Waals surface area contributed by atoms with Crippen LogP contribution < -0.4 is 10.1 Å². The Morgan fingerprint density at radius 3 is 2.85 bits per heavy atom. The van der Waals surface area contributed by atoms with Gasteiger partial charge in [0.05, 0.1) is 0 Å². The second kappa shape index (κ2) is 8.18. The molecule has 2 unspecified atom stereocenters. The highest BCUT2D eigenvalue weighted by atomic mass is 32.2. The van der Waals surface area contributed by atoms with Crippen molar-refractivity contribution in [3.63, 3.8) is 0 Å². The van der Waals surface area contributed by atoms with Gasteiger partial charge < -0.3 is 10.1 Å². The van der Waals surface area contributed by atoms with Crippen LogP contribution in [0.5, 0.6) is 5.75 Å². The van der Waals surface area contributed by atoms with Crippen molar-refractivity contribution in [1.29, 1.82) is 5.26 Å². The van der Waals surface area contributed by atoms with Gasteiger partial charge in [0.25, 0.3) is 0 Å². The average Bonchev–Trinajstić information content (AvgIpc) is 2.92. The predicted molar refractivity (Wildman–Crippen MR) is 83.9 cm³/mol. The van der Waals surface area contributed by atoms with E-state index in [1.54, 1.807) is 0 Å². The largest absolute Gasteiger partial charge is 0.479 e. The Balaban J connectivity index is 1.73. The maximum Gasteiger partial charge on any atom is 0.174 e. The highest BCUT2D eigenvalue weighted by molar-refractivity contribution is 7.99. The molecule has 1 saturated carbocycles. The molecule has 0 heterocycles. The Labute approximate surface area is 125 Å². The zero-order valence-corrected chi connectivity index (χ0v) is 12.8. The van der Waals surface area contributed by atoms with Crippen LogP contribution in [0.2, 0.25) is 0 Å². The third kappa shape index (κ3) is 4.73. The van der Waals surface area contributed by atoms with Gasteiger partial charge in [-0.05, 0) is 42.7 Å². The second-order valence-corrected chi connectivity index (χ2v) is 6.64. The molecule has 0 amide bonds. The van der Waals surface area contributed by atoms with Crippen molar-refractivity contribution in [2.75, 3.05) is 12.4 Å². The molecular weight excluding hydrogens is 268 g/mol. The van der Waals surface area contributed by atoms with Crippen LogP contribution in [-0.4, -0.2) is 23.7 Å². The smallest absolute Gasteiger partial charge is 0.174 e. The number of ether oxygens (including phenoxy) is 1. The zero-order valence-electron chi connectivity index (χ0n) is 12.0. The van der Waals surface area contributed by atoms with E-state index in [9.17, 15) is 0 Å². The van der Waals surface area contributed by atoms with Gasteiger partial charge in [0, 0.05) is 17.8 Å². The molecule has 1 N–H and O–H groups in total. The number of hydrogen-bond acceptors (Lipinski definition) is 4. The fraction of sp³-hybridized carbons (Fsp3) is 0.562. The lowest BCUT2D eigenvalue weighted by Crippen LogP contribution is -2.26. The predicted octanol–water partition coefficient (Wildman–Crippen LogP) is 3.35. The Bertz CT molecular complexity index is 441. The molecule has 4 heteroatoms. The number of thioether (sulfide) groups is 1. The van der Waals surface area contributed by atoms with E-state index in [2.05, 4.69) is 36.1 Å². The van der Waals surface area contributed by atoms with E-state index in [1.807, 2.05) is 18.2 Å². The molecule has 0 spiro atoms. The number of nitriles is 1. The lowest BCUT2D eigenvalue weighted by Gasteiger charge is -2.13. The normalized spacial score (nSPS) is 21.6. The summed E-state index contributed by atoms with van der Waals surface area (Å²) in [6.45, 7) is 3.25. The van der Waals surface area contributed by atoms with Gasteiger partial charge in [0.15, 0.2) is 6.61 Å². The van der Waals surface area contributed by atoms with E-state index >= 15 is 0 Å². The summed E-state index contributed by atoms with van der Waals surface area (Å²) >= 11 is 2.09. The summed E-state index contributed by atoms with van der Waals surface area (Å²) in [5.41, 5.74) is 1.26. The molecule has 1 fully saturated rings. The van der Waals surface area contributed by atoms with Crippen LogP contribution in [-0.2, 0) is 6.54 Å². The second-order valence-electron chi connectivity index (χ2n) is 5.06. The van der Waals surface area contributed by atoms with Crippen LogP contribution in [0, 0.1) is 11.3 Å². The third-order valence-corrected chi connectivity index (χ3v) is 4.84. The molecule has 1 aliphatic carbocycles. The minimum absolute atomic E-state index is 0.107. The highest BCUT2D eigenvalue weighted by Gasteiger charge is 2.23. The molecule has 0 aromatic heterocycles. The summed E-state index contributed by atoms with van der Waals surface area (Å²) in [5, 5.41) is 12.9. The van der Waals surface area contributed by atoms with Crippen molar-refractivity contribution in [3.05, 3.63) is 29.8 Å². The molecule has 0 radical (unpaired) electrons. The molecule has 0 aliphatic heterocycles. The van der Waals surface area contributed by atoms with Crippen molar-refractivity contribution in [3.8, 4) is 11.8 Å². The Morgan fingerprint density at radius 1 is 1.35 bits per heavy atom. The fourth-order valence-corrected chi connectivity index (χ4v) is 3.74. The van der Waals surface area contributed by atoms with E-state index < -0.39 is 0 Å². The topological polar surface area (TPSA) is 45.0 Å². The standard InChI is InChI=1S/C16H22N2OS/c1-2-20-16-8-5-14(11-16)18-12-13-3-6-15(7-4-13)19-10-9-17/h3-4,6-7,14,16,18H,2,5,8,10-12H2,1H3. The Kier molecular flexibility index (Phi) is 6.23. The van der Waals surface area contributed by atoms with E-state index in [0.717, 1.165) is 17.5 Å². The number of nitrogens with one attached hydrogen (secondary N) is 1. The van der Waals surface area contributed by atoms with Gasteiger partial charge in [-0.1, -0.05) is 19.1 Å². The van der Waals surface area contributed by atoms with Gasteiger partial charge >= 0.3 is 0 Å². The minimum Gasteiger partial charge on any atom is -0.479 e. The van der Waals surface area contributed by atoms with Gasteiger partial charge in [-0.15, -0.1) is 0 Å². The van der Waals surface area contributed by atoms with Crippen molar-refractivity contribution in [2.45, 2.75) is 44.0 Å². The molecule has 1 aromatic rings. The van der Waals surface area contributed by atoms with E-state index in [1.165, 1.54) is 30.6 Å². The third-order valence-electron chi connectivity index (χ3n) is 3.61.